The van der Waals surface area contributed by atoms with Gasteiger partial charge in [0.05, 0.1) is 6.54 Å². The quantitative estimate of drug-likeness (QED) is 0.772. The highest BCUT2D eigenvalue weighted by molar-refractivity contribution is 6.30. The molecule has 0 unspecified atom stereocenters. The second kappa shape index (κ2) is 8.51. The van der Waals surface area contributed by atoms with E-state index in [2.05, 4.69) is 5.32 Å². The van der Waals surface area contributed by atoms with Crippen LogP contribution in [0.4, 0.5) is 11.5 Å². The van der Waals surface area contributed by atoms with Gasteiger partial charge in [0.15, 0.2) is 5.56 Å². The number of anilines is 2. The van der Waals surface area contributed by atoms with Gasteiger partial charge in [-0.1, -0.05) is 11.6 Å². The normalized spacial score (nSPS) is 14.5. The third-order valence-corrected chi connectivity index (χ3v) is 5.16. The van der Waals surface area contributed by atoms with E-state index in [-0.39, 0.29) is 18.0 Å². The molecule has 1 aliphatic heterocycles. The van der Waals surface area contributed by atoms with Gasteiger partial charge in [-0.15, -0.1) is 0 Å². The highest BCUT2D eigenvalue weighted by Gasteiger charge is 2.25. The second-order valence-corrected chi connectivity index (χ2v) is 7.27. The lowest BCUT2D eigenvalue weighted by Crippen LogP contribution is -2.51. The van der Waals surface area contributed by atoms with Gasteiger partial charge < -0.3 is 10.2 Å². The molecular formula is C19H21ClN6O3. The molecule has 1 amide bonds. The van der Waals surface area contributed by atoms with E-state index in [4.69, 9.17) is 11.6 Å². The average molecular weight is 417 g/mol. The van der Waals surface area contributed by atoms with Crippen LogP contribution in [0.2, 0.25) is 5.02 Å². The summed E-state index contributed by atoms with van der Waals surface area (Å²) in [7, 11) is 2.90. The van der Waals surface area contributed by atoms with Gasteiger partial charge in [0.1, 0.15) is 11.9 Å². The van der Waals surface area contributed by atoms with Crippen LogP contribution in [0.1, 0.15) is 5.56 Å². The van der Waals surface area contributed by atoms with Crippen LogP contribution in [0.15, 0.2) is 33.9 Å². The molecule has 0 aliphatic carbocycles. The molecule has 152 valence electrons. The fraction of sp³-hybridized carbons (Fsp3) is 0.368. The van der Waals surface area contributed by atoms with Crippen molar-refractivity contribution in [3.8, 4) is 6.07 Å². The largest absolute Gasteiger partial charge is 0.354 e. The number of amides is 1. The van der Waals surface area contributed by atoms with Gasteiger partial charge in [-0.05, 0) is 24.3 Å². The zero-order chi connectivity index (χ0) is 21.1. The number of nitrogens with one attached hydrogen (secondary N) is 1. The molecule has 0 bridgehead atoms. The highest BCUT2D eigenvalue weighted by atomic mass is 35.5. The SMILES string of the molecule is Cn1c(N2CCN(CC(=O)Nc3ccc(Cl)cc3)CC2)c(C#N)c(=O)n(C)c1=O. The molecule has 2 aromatic rings. The Morgan fingerprint density at radius 1 is 1.10 bits per heavy atom. The van der Waals surface area contributed by atoms with Gasteiger partial charge in [0, 0.05) is 51.0 Å². The van der Waals surface area contributed by atoms with Crippen molar-refractivity contribution in [1.82, 2.24) is 14.0 Å². The molecule has 0 radical (unpaired) electrons. The molecule has 9 nitrogen and oxygen atoms in total. The average Bonchev–Trinajstić information content (AvgIpc) is 2.71. The minimum Gasteiger partial charge on any atom is -0.354 e. The Morgan fingerprint density at radius 2 is 1.72 bits per heavy atom. The number of halogens is 1. The van der Waals surface area contributed by atoms with E-state index in [0.717, 1.165) is 4.57 Å². The molecule has 1 fully saturated rings. The van der Waals surface area contributed by atoms with Crippen molar-refractivity contribution in [3.63, 3.8) is 0 Å². The van der Waals surface area contributed by atoms with E-state index in [1.807, 2.05) is 15.9 Å². The van der Waals surface area contributed by atoms with Crippen LogP contribution < -0.4 is 21.5 Å². The lowest BCUT2D eigenvalue weighted by molar-refractivity contribution is -0.117. The van der Waals surface area contributed by atoms with Crippen LogP contribution in [0.5, 0.6) is 0 Å². The van der Waals surface area contributed by atoms with Crippen LogP contribution in [-0.2, 0) is 18.9 Å². The van der Waals surface area contributed by atoms with E-state index in [0.29, 0.717) is 42.7 Å². The zero-order valence-electron chi connectivity index (χ0n) is 16.2. The van der Waals surface area contributed by atoms with Crippen LogP contribution in [0.25, 0.3) is 0 Å². The van der Waals surface area contributed by atoms with Gasteiger partial charge in [-0.2, -0.15) is 5.26 Å². The smallest absolute Gasteiger partial charge is 0.332 e. The van der Waals surface area contributed by atoms with Gasteiger partial charge >= 0.3 is 5.69 Å². The Balaban J connectivity index is 1.66. The molecule has 29 heavy (non-hydrogen) atoms. The van der Waals surface area contributed by atoms with Crippen molar-refractivity contribution >= 4 is 29.0 Å². The molecule has 0 atom stereocenters. The summed E-state index contributed by atoms with van der Waals surface area (Å²) in [6.07, 6.45) is 0. The molecule has 1 aliphatic rings. The lowest BCUT2D eigenvalue weighted by Gasteiger charge is -2.36. The summed E-state index contributed by atoms with van der Waals surface area (Å²) in [5.74, 6) is 0.185. The number of hydrogen-bond acceptors (Lipinski definition) is 6. The van der Waals surface area contributed by atoms with Gasteiger partial charge in [-0.3, -0.25) is 23.6 Å². The van der Waals surface area contributed by atoms with E-state index in [1.165, 1.54) is 11.6 Å². The number of carbonyl (C=O) groups excluding carboxylic acids is 1. The summed E-state index contributed by atoms with van der Waals surface area (Å²) in [4.78, 5) is 40.6. The molecule has 1 saturated heterocycles. The van der Waals surface area contributed by atoms with Crippen molar-refractivity contribution < 1.29 is 4.79 Å². The molecule has 0 saturated carbocycles. The standard InChI is InChI=1S/C19H21ClN6O3/c1-23-17(15(11-21)18(28)24(2)19(23)29)26-9-7-25(8-10-26)12-16(27)22-14-5-3-13(20)4-6-14/h3-6H,7-10,12H2,1-2H3,(H,22,27). The Bertz CT molecular complexity index is 1080. The summed E-state index contributed by atoms with van der Waals surface area (Å²) in [6.45, 7) is 2.31. The van der Waals surface area contributed by atoms with Crippen LogP contribution in [0, 0.1) is 11.3 Å². The maximum Gasteiger partial charge on any atom is 0.332 e. The maximum atomic E-state index is 12.3. The predicted molar refractivity (Wildman–Crippen MR) is 110 cm³/mol. The molecule has 1 aromatic carbocycles. The molecule has 0 spiro atoms. The first-order valence-corrected chi connectivity index (χ1v) is 9.42. The van der Waals surface area contributed by atoms with Crippen molar-refractivity contribution in [1.29, 1.82) is 5.26 Å². The number of piperazine rings is 1. The highest BCUT2D eigenvalue weighted by Crippen LogP contribution is 2.17. The fourth-order valence-electron chi connectivity index (χ4n) is 3.36. The number of benzene rings is 1. The number of nitriles is 1. The first-order valence-electron chi connectivity index (χ1n) is 9.04. The third-order valence-electron chi connectivity index (χ3n) is 4.91. The second-order valence-electron chi connectivity index (χ2n) is 6.83. The van der Waals surface area contributed by atoms with Crippen LogP contribution in [-0.4, -0.2) is 52.7 Å². The molecular weight excluding hydrogens is 396 g/mol. The minimum absolute atomic E-state index is 0.0523. The Labute approximate surface area is 172 Å². The maximum absolute atomic E-state index is 12.3. The van der Waals surface area contributed by atoms with Gasteiger partial charge in [0.2, 0.25) is 5.91 Å². The van der Waals surface area contributed by atoms with E-state index in [1.54, 1.807) is 31.3 Å². The summed E-state index contributed by atoms with van der Waals surface area (Å²) in [5.41, 5.74) is -0.459. The number of nitrogens with zero attached hydrogens (tertiary/aromatic N) is 5. The topological polar surface area (TPSA) is 103 Å². The Morgan fingerprint density at radius 3 is 2.31 bits per heavy atom. The van der Waals surface area contributed by atoms with Crippen LogP contribution >= 0.6 is 11.6 Å². The van der Waals surface area contributed by atoms with Crippen molar-refractivity contribution in [2.75, 3.05) is 42.9 Å². The lowest BCUT2D eigenvalue weighted by atomic mass is 10.2. The van der Waals surface area contributed by atoms with Crippen molar-refractivity contribution in [3.05, 3.63) is 55.7 Å². The summed E-state index contributed by atoms with van der Waals surface area (Å²) in [5, 5.41) is 12.8. The molecule has 2 heterocycles. The molecule has 3 rings (SSSR count). The number of carbonyl (C=O) groups is 1. The molecule has 1 N–H and O–H groups in total. The Hall–Kier alpha value is -3.09. The minimum atomic E-state index is -0.602. The van der Waals surface area contributed by atoms with Crippen LogP contribution in [0.3, 0.4) is 0 Å². The monoisotopic (exact) mass is 416 g/mol. The number of rotatable bonds is 4. The van der Waals surface area contributed by atoms with E-state index < -0.39 is 11.2 Å². The number of hydrogen-bond donors (Lipinski definition) is 1. The van der Waals surface area contributed by atoms with Crippen molar-refractivity contribution in [2.24, 2.45) is 14.1 Å². The first-order chi connectivity index (χ1) is 13.8. The van der Waals surface area contributed by atoms with Gasteiger partial charge in [0.25, 0.3) is 5.56 Å². The van der Waals surface area contributed by atoms with E-state index in [9.17, 15) is 19.6 Å². The third kappa shape index (κ3) is 4.34. The molecule has 10 heteroatoms. The molecule has 1 aromatic heterocycles. The fourth-order valence-corrected chi connectivity index (χ4v) is 3.48. The zero-order valence-corrected chi connectivity index (χ0v) is 16.9. The first kappa shape index (κ1) is 20.6. The summed E-state index contributed by atoms with van der Waals surface area (Å²) >= 11 is 5.84. The van der Waals surface area contributed by atoms with E-state index >= 15 is 0 Å². The van der Waals surface area contributed by atoms with Gasteiger partial charge in [-0.25, -0.2) is 4.79 Å². The summed E-state index contributed by atoms with van der Waals surface area (Å²) < 4.78 is 2.25. The summed E-state index contributed by atoms with van der Waals surface area (Å²) in [6, 6.07) is 8.80. The Kier molecular flexibility index (Phi) is 6.06. The number of aromatic nitrogens is 2. The van der Waals surface area contributed by atoms with Crippen molar-refractivity contribution in [2.45, 2.75) is 0 Å². The predicted octanol–water partition coefficient (Wildman–Crippen LogP) is 0.370.